The first-order valence-electron chi connectivity index (χ1n) is 5.78. The maximum absolute atomic E-state index is 10.7. The first-order chi connectivity index (χ1) is 8.38. The summed E-state index contributed by atoms with van der Waals surface area (Å²) in [6, 6.07) is 5.60. The van der Waals surface area contributed by atoms with Crippen LogP contribution in [0.5, 0.6) is 5.75 Å². The van der Waals surface area contributed by atoms with Crippen LogP contribution in [0.3, 0.4) is 0 Å². The van der Waals surface area contributed by atoms with Crippen LogP contribution in [0.15, 0.2) is 18.2 Å². The lowest BCUT2D eigenvalue weighted by Gasteiger charge is -2.08. The van der Waals surface area contributed by atoms with Gasteiger partial charge in [0.15, 0.2) is 0 Å². The number of rotatable bonds is 7. The van der Waals surface area contributed by atoms with Gasteiger partial charge in [-0.1, -0.05) is 17.7 Å². The molecule has 0 spiro atoms. The zero-order chi connectivity index (χ0) is 13.6. The lowest BCUT2D eigenvalue weighted by Crippen LogP contribution is -2.16. The molecule has 2 N–H and O–H groups in total. The quantitative estimate of drug-likeness (QED) is 0.785. The van der Waals surface area contributed by atoms with Crippen molar-refractivity contribution in [2.24, 2.45) is 5.14 Å². The Morgan fingerprint density at radius 3 is 2.67 bits per heavy atom. The molecule has 0 aliphatic heterocycles. The molecule has 0 heterocycles. The molecule has 0 saturated heterocycles. The fraction of sp³-hybridized carbons (Fsp3) is 0.500. The van der Waals surface area contributed by atoms with E-state index in [-0.39, 0.29) is 5.75 Å². The fourth-order valence-corrected chi connectivity index (χ4v) is 2.26. The third-order valence-corrected chi connectivity index (χ3v) is 3.59. The topological polar surface area (TPSA) is 69.4 Å². The number of benzene rings is 1. The van der Waals surface area contributed by atoms with E-state index in [0.717, 1.165) is 18.4 Å². The van der Waals surface area contributed by atoms with Gasteiger partial charge in [-0.15, -0.1) is 0 Å². The first kappa shape index (κ1) is 15.3. The van der Waals surface area contributed by atoms with Crippen molar-refractivity contribution in [2.75, 3.05) is 12.4 Å². The number of unbranched alkanes of at least 4 members (excludes halogenated alkanes) is 2. The maximum atomic E-state index is 10.7. The van der Waals surface area contributed by atoms with Gasteiger partial charge in [0.05, 0.1) is 17.4 Å². The van der Waals surface area contributed by atoms with Crippen LogP contribution in [0.25, 0.3) is 0 Å². The van der Waals surface area contributed by atoms with E-state index in [1.54, 1.807) is 6.07 Å². The highest BCUT2D eigenvalue weighted by Crippen LogP contribution is 2.25. The SMILES string of the molecule is Cc1ccc(Cl)c(OCCCCCS(N)(=O)=O)c1. The highest BCUT2D eigenvalue weighted by Gasteiger charge is 2.03. The Morgan fingerprint density at radius 2 is 2.00 bits per heavy atom. The molecule has 1 aromatic carbocycles. The predicted molar refractivity (Wildman–Crippen MR) is 73.5 cm³/mol. The van der Waals surface area contributed by atoms with Gasteiger partial charge in [-0.2, -0.15) is 0 Å². The van der Waals surface area contributed by atoms with E-state index in [1.165, 1.54) is 0 Å². The van der Waals surface area contributed by atoms with Crippen molar-refractivity contribution in [3.63, 3.8) is 0 Å². The van der Waals surface area contributed by atoms with Crippen LogP contribution < -0.4 is 9.88 Å². The molecule has 4 nitrogen and oxygen atoms in total. The van der Waals surface area contributed by atoms with Gasteiger partial charge in [-0.05, 0) is 43.9 Å². The van der Waals surface area contributed by atoms with E-state index in [2.05, 4.69) is 0 Å². The van der Waals surface area contributed by atoms with Crippen LogP contribution in [0.2, 0.25) is 5.02 Å². The van der Waals surface area contributed by atoms with E-state index in [1.807, 2.05) is 19.1 Å². The minimum atomic E-state index is -3.34. The normalized spacial score (nSPS) is 11.5. The second-order valence-corrected chi connectivity index (χ2v) is 6.35. The number of nitrogens with two attached hydrogens (primary N) is 1. The number of halogens is 1. The molecule has 0 aliphatic carbocycles. The van der Waals surface area contributed by atoms with Crippen molar-refractivity contribution >= 4 is 21.6 Å². The third-order valence-electron chi connectivity index (χ3n) is 2.42. The number of sulfonamides is 1. The van der Waals surface area contributed by atoms with E-state index in [0.29, 0.717) is 23.8 Å². The van der Waals surface area contributed by atoms with Crippen LogP contribution in [-0.2, 0) is 10.0 Å². The Labute approximate surface area is 113 Å². The lowest BCUT2D eigenvalue weighted by atomic mass is 10.2. The van der Waals surface area contributed by atoms with E-state index >= 15 is 0 Å². The van der Waals surface area contributed by atoms with Crippen LogP contribution in [0.1, 0.15) is 24.8 Å². The molecule has 0 bridgehead atoms. The Morgan fingerprint density at radius 1 is 1.28 bits per heavy atom. The molecule has 1 rings (SSSR count). The van der Waals surface area contributed by atoms with Crippen molar-refractivity contribution in [2.45, 2.75) is 26.2 Å². The van der Waals surface area contributed by atoms with Crippen molar-refractivity contribution in [1.29, 1.82) is 0 Å². The monoisotopic (exact) mass is 291 g/mol. The first-order valence-corrected chi connectivity index (χ1v) is 7.87. The highest BCUT2D eigenvalue weighted by atomic mass is 35.5. The Hall–Kier alpha value is -0.780. The van der Waals surface area contributed by atoms with Gasteiger partial charge in [0.1, 0.15) is 5.75 Å². The number of aryl methyl sites for hydroxylation is 1. The zero-order valence-corrected chi connectivity index (χ0v) is 11.9. The molecule has 0 unspecified atom stereocenters. The number of primary sulfonamides is 1. The summed E-state index contributed by atoms with van der Waals surface area (Å²) in [6.45, 7) is 2.49. The summed E-state index contributed by atoms with van der Waals surface area (Å²) in [5.41, 5.74) is 1.09. The van der Waals surface area contributed by atoms with Crippen LogP contribution >= 0.6 is 11.6 Å². The van der Waals surface area contributed by atoms with Crippen LogP contribution in [-0.4, -0.2) is 20.8 Å². The second-order valence-electron chi connectivity index (χ2n) is 4.21. The number of hydrogen-bond donors (Lipinski definition) is 1. The third kappa shape index (κ3) is 6.23. The van der Waals surface area contributed by atoms with Crippen molar-refractivity contribution in [3.05, 3.63) is 28.8 Å². The van der Waals surface area contributed by atoms with Crippen LogP contribution in [0, 0.1) is 6.92 Å². The molecule has 0 aromatic heterocycles. The molecule has 18 heavy (non-hydrogen) atoms. The van der Waals surface area contributed by atoms with Gasteiger partial charge >= 0.3 is 0 Å². The number of hydrogen-bond acceptors (Lipinski definition) is 3. The molecule has 0 radical (unpaired) electrons. The standard InChI is InChI=1S/C12H18ClNO3S/c1-10-5-6-11(13)12(9-10)17-7-3-2-4-8-18(14,15)16/h5-6,9H,2-4,7-8H2,1H3,(H2,14,15,16). The zero-order valence-electron chi connectivity index (χ0n) is 10.4. The van der Waals surface area contributed by atoms with E-state index in [9.17, 15) is 8.42 Å². The van der Waals surface area contributed by atoms with Gasteiger partial charge < -0.3 is 4.74 Å². The van der Waals surface area contributed by atoms with Crippen molar-refractivity contribution in [3.8, 4) is 5.75 Å². The largest absolute Gasteiger partial charge is 0.492 e. The molecule has 0 amide bonds. The van der Waals surface area contributed by atoms with E-state index in [4.69, 9.17) is 21.5 Å². The van der Waals surface area contributed by atoms with Gasteiger partial charge in [-0.25, -0.2) is 13.6 Å². The molecule has 0 atom stereocenters. The summed E-state index contributed by atoms with van der Waals surface area (Å²) in [6.07, 6.45) is 2.10. The van der Waals surface area contributed by atoms with Gasteiger partial charge in [0, 0.05) is 0 Å². The van der Waals surface area contributed by atoms with Crippen LogP contribution in [0.4, 0.5) is 0 Å². The molecule has 0 aliphatic rings. The minimum absolute atomic E-state index is 0.0260. The van der Waals surface area contributed by atoms with Gasteiger partial charge in [0.25, 0.3) is 0 Å². The second kappa shape index (κ2) is 6.97. The average molecular weight is 292 g/mol. The van der Waals surface area contributed by atoms with Gasteiger partial charge in [-0.3, -0.25) is 0 Å². The van der Waals surface area contributed by atoms with Crippen molar-refractivity contribution < 1.29 is 13.2 Å². The fourth-order valence-electron chi connectivity index (χ4n) is 1.49. The molecular weight excluding hydrogens is 274 g/mol. The molecule has 102 valence electrons. The summed E-state index contributed by atoms with van der Waals surface area (Å²) in [5, 5.41) is 5.49. The maximum Gasteiger partial charge on any atom is 0.209 e. The number of ether oxygens (including phenoxy) is 1. The minimum Gasteiger partial charge on any atom is -0.492 e. The summed E-state index contributed by atoms with van der Waals surface area (Å²) < 4.78 is 26.9. The molecule has 0 saturated carbocycles. The summed E-state index contributed by atoms with van der Waals surface area (Å²) in [7, 11) is -3.34. The molecule has 1 aromatic rings. The Kier molecular flexibility index (Phi) is 5.91. The summed E-state index contributed by atoms with van der Waals surface area (Å²) in [5.74, 6) is 0.696. The lowest BCUT2D eigenvalue weighted by molar-refractivity contribution is 0.306. The summed E-state index contributed by atoms with van der Waals surface area (Å²) >= 11 is 5.98. The van der Waals surface area contributed by atoms with E-state index < -0.39 is 10.0 Å². The molecule has 0 fully saturated rings. The smallest absolute Gasteiger partial charge is 0.209 e. The molecule has 6 heteroatoms. The summed E-state index contributed by atoms with van der Waals surface area (Å²) in [4.78, 5) is 0. The molecular formula is C12H18ClNO3S. The Balaban J connectivity index is 2.24. The van der Waals surface area contributed by atoms with Gasteiger partial charge in [0.2, 0.25) is 10.0 Å². The Bertz CT molecular complexity index is 488. The van der Waals surface area contributed by atoms with Crippen molar-refractivity contribution in [1.82, 2.24) is 0 Å². The average Bonchev–Trinajstić information content (AvgIpc) is 2.26. The predicted octanol–water partition coefficient (Wildman–Crippen LogP) is 2.49. The highest BCUT2D eigenvalue weighted by molar-refractivity contribution is 7.89.